The number of anilines is 1. The van der Waals surface area contributed by atoms with Gasteiger partial charge in [-0.05, 0) is 58.2 Å². The lowest BCUT2D eigenvalue weighted by Gasteiger charge is -2.29. The number of aromatic nitrogens is 1. The molecule has 5 nitrogen and oxygen atoms in total. The summed E-state index contributed by atoms with van der Waals surface area (Å²) in [5, 5.41) is 0. The SMILES string of the molecule is Cc1ccc2c(c1)CCCN2C(=O)c1ccc(OCCOC(C)(C)C)nc1. The van der Waals surface area contributed by atoms with Crippen LogP contribution in [0.25, 0.3) is 0 Å². The molecule has 0 saturated heterocycles. The molecule has 0 unspecified atom stereocenters. The predicted molar refractivity (Wildman–Crippen MR) is 107 cm³/mol. The van der Waals surface area contributed by atoms with Crippen molar-refractivity contribution < 1.29 is 14.3 Å². The Morgan fingerprint density at radius 1 is 1.19 bits per heavy atom. The molecular weight excluding hydrogens is 340 g/mol. The largest absolute Gasteiger partial charge is 0.475 e. The van der Waals surface area contributed by atoms with Crippen molar-refractivity contribution in [1.82, 2.24) is 4.98 Å². The first kappa shape index (κ1) is 19.4. The maximum Gasteiger partial charge on any atom is 0.259 e. The lowest BCUT2D eigenvalue weighted by atomic mass is 9.99. The van der Waals surface area contributed by atoms with E-state index in [0.717, 1.165) is 25.1 Å². The Balaban J connectivity index is 1.63. The molecule has 144 valence electrons. The van der Waals surface area contributed by atoms with Gasteiger partial charge in [0.2, 0.25) is 5.88 Å². The van der Waals surface area contributed by atoms with Gasteiger partial charge in [-0.15, -0.1) is 0 Å². The van der Waals surface area contributed by atoms with Crippen molar-refractivity contribution in [3.05, 3.63) is 53.2 Å². The lowest BCUT2D eigenvalue weighted by Crippen LogP contribution is -2.35. The second kappa shape index (κ2) is 8.09. The Morgan fingerprint density at radius 2 is 2.00 bits per heavy atom. The first-order valence-corrected chi connectivity index (χ1v) is 9.48. The van der Waals surface area contributed by atoms with Crippen LogP contribution in [0.3, 0.4) is 0 Å². The normalized spacial score (nSPS) is 14.0. The third kappa shape index (κ3) is 5.07. The summed E-state index contributed by atoms with van der Waals surface area (Å²) in [7, 11) is 0. The van der Waals surface area contributed by atoms with Gasteiger partial charge in [0.1, 0.15) is 6.61 Å². The molecular formula is C22H28N2O3. The van der Waals surface area contributed by atoms with Crippen LogP contribution in [0.4, 0.5) is 5.69 Å². The van der Waals surface area contributed by atoms with Gasteiger partial charge in [0, 0.05) is 24.5 Å². The number of aryl methyl sites for hydroxylation is 2. The molecule has 2 heterocycles. The summed E-state index contributed by atoms with van der Waals surface area (Å²) in [5.41, 5.74) is 3.86. The van der Waals surface area contributed by atoms with E-state index in [1.807, 2.05) is 31.7 Å². The average Bonchev–Trinajstić information content (AvgIpc) is 2.63. The van der Waals surface area contributed by atoms with Gasteiger partial charge in [-0.1, -0.05) is 17.7 Å². The van der Waals surface area contributed by atoms with E-state index >= 15 is 0 Å². The average molecular weight is 368 g/mol. The standard InChI is InChI=1S/C22H28N2O3/c1-16-7-9-19-17(14-16)6-5-11-24(19)21(25)18-8-10-20(23-15-18)26-12-13-27-22(2,3)4/h7-10,14-15H,5-6,11-13H2,1-4H3. The van der Waals surface area contributed by atoms with Gasteiger partial charge in [-0.2, -0.15) is 0 Å². The highest BCUT2D eigenvalue weighted by Gasteiger charge is 2.23. The van der Waals surface area contributed by atoms with Gasteiger partial charge in [-0.25, -0.2) is 4.98 Å². The Kier molecular flexibility index (Phi) is 5.80. The Bertz CT molecular complexity index is 794. The Hall–Kier alpha value is -2.40. The molecule has 3 rings (SSSR count). The van der Waals surface area contributed by atoms with Crippen molar-refractivity contribution in [3.63, 3.8) is 0 Å². The summed E-state index contributed by atoms with van der Waals surface area (Å²) in [5.74, 6) is 0.480. The summed E-state index contributed by atoms with van der Waals surface area (Å²) in [6.07, 6.45) is 3.58. The van der Waals surface area contributed by atoms with Crippen molar-refractivity contribution in [2.24, 2.45) is 0 Å². The summed E-state index contributed by atoms with van der Waals surface area (Å²) in [6, 6.07) is 9.78. The van der Waals surface area contributed by atoms with Crippen LogP contribution in [0, 0.1) is 6.92 Å². The molecule has 1 amide bonds. The van der Waals surface area contributed by atoms with Gasteiger partial charge in [-0.3, -0.25) is 4.79 Å². The van der Waals surface area contributed by atoms with E-state index in [1.54, 1.807) is 18.3 Å². The molecule has 1 aromatic heterocycles. The third-order valence-corrected chi connectivity index (χ3v) is 4.45. The van der Waals surface area contributed by atoms with Gasteiger partial charge in [0.15, 0.2) is 0 Å². The molecule has 0 saturated carbocycles. The molecule has 0 radical (unpaired) electrons. The fourth-order valence-corrected chi connectivity index (χ4v) is 3.18. The summed E-state index contributed by atoms with van der Waals surface area (Å²) in [4.78, 5) is 19.1. The van der Waals surface area contributed by atoms with Crippen LogP contribution < -0.4 is 9.64 Å². The third-order valence-electron chi connectivity index (χ3n) is 4.45. The van der Waals surface area contributed by atoms with Crippen molar-refractivity contribution in [2.45, 2.75) is 46.1 Å². The molecule has 1 aliphatic rings. The second-order valence-electron chi connectivity index (χ2n) is 7.89. The summed E-state index contributed by atoms with van der Waals surface area (Å²) < 4.78 is 11.2. The minimum Gasteiger partial charge on any atom is -0.475 e. The van der Waals surface area contributed by atoms with Crippen LogP contribution in [0.15, 0.2) is 36.5 Å². The number of nitrogens with zero attached hydrogens (tertiary/aromatic N) is 2. The number of benzene rings is 1. The molecule has 0 fully saturated rings. The first-order chi connectivity index (χ1) is 12.8. The van der Waals surface area contributed by atoms with E-state index in [9.17, 15) is 4.79 Å². The molecule has 1 aliphatic heterocycles. The van der Waals surface area contributed by atoms with Crippen LogP contribution in [-0.2, 0) is 11.2 Å². The number of fused-ring (bicyclic) bond motifs is 1. The molecule has 5 heteroatoms. The molecule has 27 heavy (non-hydrogen) atoms. The maximum absolute atomic E-state index is 13.0. The zero-order valence-electron chi connectivity index (χ0n) is 16.6. The smallest absolute Gasteiger partial charge is 0.259 e. The van der Waals surface area contributed by atoms with Gasteiger partial charge >= 0.3 is 0 Å². The van der Waals surface area contributed by atoms with Crippen LogP contribution in [0.5, 0.6) is 5.88 Å². The minimum atomic E-state index is -0.184. The van der Waals surface area contributed by atoms with Crippen LogP contribution in [0.2, 0.25) is 0 Å². The first-order valence-electron chi connectivity index (χ1n) is 9.48. The van der Waals surface area contributed by atoms with Crippen molar-refractivity contribution in [1.29, 1.82) is 0 Å². The molecule has 2 aromatic rings. The number of hydrogen-bond donors (Lipinski definition) is 0. The topological polar surface area (TPSA) is 51.7 Å². The van der Waals surface area contributed by atoms with E-state index in [1.165, 1.54) is 11.1 Å². The van der Waals surface area contributed by atoms with Gasteiger partial charge in [0.05, 0.1) is 17.8 Å². The van der Waals surface area contributed by atoms with Crippen LogP contribution in [0.1, 0.15) is 48.7 Å². The molecule has 0 aliphatic carbocycles. The summed E-state index contributed by atoms with van der Waals surface area (Å²) >= 11 is 0. The number of pyridine rings is 1. The molecule has 0 bridgehead atoms. The Morgan fingerprint density at radius 3 is 2.70 bits per heavy atom. The fourth-order valence-electron chi connectivity index (χ4n) is 3.18. The zero-order valence-corrected chi connectivity index (χ0v) is 16.6. The minimum absolute atomic E-state index is 0.0186. The lowest BCUT2D eigenvalue weighted by molar-refractivity contribution is -0.0168. The van der Waals surface area contributed by atoms with Crippen molar-refractivity contribution in [2.75, 3.05) is 24.7 Å². The number of carbonyl (C=O) groups is 1. The van der Waals surface area contributed by atoms with Gasteiger partial charge < -0.3 is 14.4 Å². The van der Waals surface area contributed by atoms with Gasteiger partial charge in [0.25, 0.3) is 5.91 Å². The maximum atomic E-state index is 13.0. The van der Waals surface area contributed by atoms with Crippen LogP contribution in [-0.4, -0.2) is 36.3 Å². The molecule has 0 atom stereocenters. The summed E-state index contributed by atoms with van der Waals surface area (Å²) in [6.45, 7) is 9.75. The number of amides is 1. The number of hydrogen-bond acceptors (Lipinski definition) is 4. The van der Waals surface area contributed by atoms with Crippen molar-refractivity contribution in [3.8, 4) is 5.88 Å². The van der Waals surface area contributed by atoms with E-state index in [0.29, 0.717) is 24.7 Å². The van der Waals surface area contributed by atoms with Crippen LogP contribution >= 0.6 is 0 Å². The van der Waals surface area contributed by atoms with E-state index < -0.39 is 0 Å². The number of ether oxygens (including phenoxy) is 2. The highest BCUT2D eigenvalue weighted by Crippen LogP contribution is 2.29. The molecule has 0 spiro atoms. The number of carbonyl (C=O) groups excluding carboxylic acids is 1. The predicted octanol–water partition coefficient (Wildman–Crippen LogP) is 4.18. The molecule has 0 N–H and O–H groups in total. The Labute approximate surface area is 161 Å². The zero-order chi connectivity index (χ0) is 19.4. The highest BCUT2D eigenvalue weighted by molar-refractivity contribution is 6.06. The van der Waals surface area contributed by atoms with E-state index in [-0.39, 0.29) is 11.5 Å². The number of rotatable bonds is 5. The quantitative estimate of drug-likeness (QED) is 0.743. The molecule has 1 aromatic carbocycles. The van der Waals surface area contributed by atoms with E-state index in [4.69, 9.17) is 9.47 Å². The second-order valence-corrected chi connectivity index (χ2v) is 7.89. The van der Waals surface area contributed by atoms with Crippen molar-refractivity contribution >= 4 is 11.6 Å². The monoisotopic (exact) mass is 368 g/mol. The van der Waals surface area contributed by atoms with E-state index in [2.05, 4.69) is 24.0 Å². The highest BCUT2D eigenvalue weighted by atomic mass is 16.5. The fraction of sp³-hybridized carbons (Fsp3) is 0.455.